The molecule has 1 amide bonds. The van der Waals surface area contributed by atoms with E-state index in [1.54, 1.807) is 6.92 Å². The van der Waals surface area contributed by atoms with Crippen LogP contribution in [0.4, 0.5) is 13.2 Å². The summed E-state index contributed by atoms with van der Waals surface area (Å²) in [4.78, 5) is 11.4. The molecule has 1 rings (SSSR count). The Morgan fingerprint density at radius 2 is 1.89 bits per heavy atom. The van der Waals surface area contributed by atoms with Crippen LogP contribution < -0.4 is 5.32 Å². The summed E-state index contributed by atoms with van der Waals surface area (Å²) in [5.41, 5.74) is -0.109. The van der Waals surface area contributed by atoms with Crippen LogP contribution in [0.3, 0.4) is 0 Å². The van der Waals surface area contributed by atoms with E-state index in [0.29, 0.717) is 5.56 Å². The van der Waals surface area contributed by atoms with Gasteiger partial charge >= 0.3 is 6.18 Å². The lowest BCUT2D eigenvalue weighted by atomic mass is 10.1. The van der Waals surface area contributed by atoms with Crippen molar-refractivity contribution in [2.24, 2.45) is 0 Å². The average Bonchev–Trinajstić information content (AvgIpc) is 2.34. The van der Waals surface area contributed by atoms with E-state index in [1.807, 2.05) is 0 Å². The summed E-state index contributed by atoms with van der Waals surface area (Å²) < 4.78 is 41.7. The lowest BCUT2D eigenvalue weighted by Gasteiger charge is -2.11. The molecule has 0 aromatic heterocycles. The molecule has 0 heterocycles. The number of ether oxygens (including phenoxy) is 1. The molecule has 0 radical (unpaired) electrons. The van der Waals surface area contributed by atoms with Gasteiger partial charge in [-0.3, -0.25) is 4.79 Å². The van der Waals surface area contributed by atoms with E-state index in [2.05, 4.69) is 5.32 Å². The molecule has 1 aromatic rings. The van der Waals surface area contributed by atoms with Crippen LogP contribution in [-0.2, 0) is 22.3 Å². The number of carbonyl (C=O) groups excluding carboxylic acids is 1. The first-order valence-electron chi connectivity index (χ1n) is 5.31. The van der Waals surface area contributed by atoms with E-state index in [1.165, 1.54) is 19.2 Å². The van der Waals surface area contributed by atoms with Crippen molar-refractivity contribution in [3.8, 4) is 0 Å². The molecule has 0 aliphatic rings. The predicted molar refractivity (Wildman–Crippen MR) is 59.8 cm³/mol. The standard InChI is InChI=1S/C12H14F3NO2/c1-8(18-2)11(17)16-7-9-3-5-10(6-4-9)12(13,14)15/h3-6,8H,7H2,1-2H3,(H,16,17). The molecule has 1 N–H and O–H groups in total. The van der Waals surface area contributed by atoms with E-state index in [0.717, 1.165) is 12.1 Å². The van der Waals surface area contributed by atoms with Gasteiger partial charge in [-0.25, -0.2) is 0 Å². The SMILES string of the molecule is COC(C)C(=O)NCc1ccc(C(F)(F)F)cc1. The van der Waals surface area contributed by atoms with Crippen LogP contribution in [0.15, 0.2) is 24.3 Å². The fraction of sp³-hybridized carbons (Fsp3) is 0.417. The zero-order chi connectivity index (χ0) is 13.8. The number of carbonyl (C=O) groups is 1. The molecule has 6 heteroatoms. The van der Waals surface area contributed by atoms with Gasteiger partial charge in [-0.15, -0.1) is 0 Å². The topological polar surface area (TPSA) is 38.3 Å². The Balaban J connectivity index is 2.57. The first-order chi connectivity index (χ1) is 8.34. The van der Waals surface area contributed by atoms with Crippen molar-refractivity contribution in [1.82, 2.24) is 5.32 Å². The molecule has 1 aromatic carbocycles. The zero-order valence-electron chi connectivity index (χ0n) is 10.0. The molecular formula is C12H14F3NO2. The minimum atomic E-state index is -4.34. The highest BCUT2D eigenvalue weighted by Crippen LogP contribution is 2.28. The Morgan fingerprint density at radius 3 is 2.33 bits per heavy atom. The second kappa shape index (κ2) is 5.86. The second-order valence-corrected chi connectivity index (χ2v) is 3.79. The highest BCUT2D eigenvalue weighted by atomic mass is 19.4. The third kappa shape index (κ3) is 4.03. The van der Waals surface area contributed by atoms with Crippen LogP contribution in [0.5, 0.6) is 0 Å². The van der Waals surface area contributed by atoms with Crippen LogP contribution in [0.1, 0.15) is 18.1 Å². The number of hydrogen-bond donors (Lipinski definition) is 1. The number of rotatable bonds is 4. The molecule has 0 aliphatic carbocycles. The molecule has 18 heavy (non-hydrogen) atoms. The van der Waals surface area contributed by atoms with E-state index in [9.17, 15) is 18.0 Å². The molecular weight excluding hydrogens is 247 g/mol. The lowest BCUT2D eigenvalue weighted by molar-refractivity contribution is -0.137. The van der Waals surface area contributed by atoms with Crippen LogP contribution in [0.2, 0.25) is 0 Å². The van der Waals surface area contributed by atoms with Crippen molar-refractivity contribution in [1.29, 1.82) is 0 Å². The number of amides is 1. The normalized spacial score (nSPS) is 13.2. The summed E-state index contributed by atoms with van der Waals surface area (Å²) in [5.74, 6) is -0.308. The molecule has 0 saturated heterocycles. The maximum atomic E-state index is 12.3. The van der Waals surface area contributed by atoms with Crippen LogP contribution in [-0.4, -0.2) is 19.1 Å². The third-order valence-corrected chi connectivity index (χ3v) is 2.47. The first-order valence-corrected chi connectivity index (χ1v) is 5.31. The predicted octanol–water partition coefficient (Wildman–Crippen LogP) is 2.36. The summed E-state index contributed by atoms with van der Waals surface area (Å²) in [7, 11) is 1.41. The van der Waals surface area contributed by atoms with E-state index < -0.39 is 17.8 Å². The summed E-state index contributed by atoms with van der Waals surface area (Å²) in [6.45, 7) is 1.76. The van der Waals surface area contributed by atoms with Gasteiger partial charge in [-0.2, -0.15) is 13.2 Å². The average molecular weight is 261 g/mol. The van der Waals surface area contributed by atoms with Crippen LogP contribution in [0.25, 0.3) is 0 Å². The number of hydrogen-bond acceptors (Lipinski definition) is 2. The Bertz CT molecular complexity index is 401. The minimum absolute atomic E-state index is 0.171. The van der Waals surface area contributed by atoms with Gasteiger partial charge in [0.15, 0.2) is 0 Å². The number of nitrogens with one attached hydrogen (secondary N) is 1. The molecule has 100 valence electrons. The molecule has 0 spiro atoms. The molecule has 0 bridgehead atoms. The summed E-state index contributed by atoms with van der Waals surface area (Å²) in [6.07, 6.45) is -4.92. The highest BCUT2D eigenvalue weighted by molar-refractivity contribution is 5.80. The largest absolute Gasteiger partial charge is 0.416 e. The van der Waals surface area contributed by atoms with Crippen molar-refractivity contribution in [3.05, 3.63) is 35.4 Å². The summed E-state index contributed by atoms with van der Waals surface area (Å²) in [6, 6.07) is 4.64. The van der Waals surface area contributed by atoms with Crippen molar-refractivity contribution in [3.63, 3.8) is 0 Å². The number of alkyl halides is 3. The summed E-state index contributed by atoms with van der Waals surface area (Å²) >= 11 is 0. The number of benzene rings is 1. The van der Waals surface area contributed by atoms with Crippen molar-refractivity contribution < 1.29 is 22.7 Å². The minimum Gasteiger partial charge on any atom is -0.372 e. The highest BCUT2D eigenvalue weighted by Gasteiger charge is 2.29. The van der Waals surface area contributed by atoms with Gasteiger partial charge in [0.1, 0.15) is 6.10 Å². The molecule has 3 nitrogen and oxygen atoms in total. The Kier molecular flexibility index (Phi) is 4.72. The molecule has 0 fully saturated rings. The molecule has 1 unspecified atom stereocenters. The van der Waals surface area contributed by atoms with E-state index in [-0.39, 0.29) is 12.5 Å². The number of halogens is 3. The fourth-order valence-corrected chi connectivity index (χ4v) is 1.25. The fourth-order valence-electron chi connectivity index (χ4n) is 1.25. The third-order valence-electron chi connectivity index (χ3n) is 2.47. The quantitative estimate of drug-likeness (QED) is 0.903. The Labute approximate surface area is 103 Å². The van der Waals surface area contributed by atoms with Gasteiger partial charge in [0.05, 0.1) is 5.56 Å². The number of methoxy groups -OCH3 is 1. The maximum absolute atomic E-state index is 12.3. The van der Waals surface area contributed by atoms with Gasteiger partial charge in [0, 0.05) is 13.7 Å². The van der Waals surface area contributed by atoms with Gasteiger partial charge in [0.2, 0.25) is 5.91 Å². The van der Waals surface area contributed by atoms with Crippen LogP contribution in [0, 0.1) is 0 Å². The van der Waals surface area contributed by atoms with E-state index >= 15 is 0 Å². The van der Waals surface area contributed by atoms with Gasteiger partial charge in [0.25, 0.3) is 0 Å². The maximum Gasteiger partial charge on any atom is 0.416 e. The summed E-state index contributed by atoms with van der Waals surface area (Å²) in [5, 5.41) is 2.56. The van der Waals surface area contributed by atoms with Crippen LogP contribution >= 0.6 is 0 Å². The van der Waals surface area contributed by atoms with E-state index in [4.69, 9.17) is 4.74 Å². The molecule has 1 atom stereocenters. The van der Waals surface area contributed by atoms with Crippen molar-refractivity contribution >= 4 is 5.91 Å². The molecule has 0 saturated carbocycles. The van der Waals surface area contributed by atoms with Gasteiger partial charge < -0.3 is 10.1 Å². The van der Waals surface area contributed by atoms with Gasteiger partial charge in [-0.1, -0.05) is 12.1 Å². The Hall–Kier alpha value is -1.56. The first kappa shape index (κ1) is 14.5. The lowest BCUT2D eigenvalue weighted by Crippen LogP contribution is -2.33. The van der Waals surface area contributed by atoms with Crippen molar-refractivity contribution in [2.75, 3.05) is 7.11 Å². The Morgan fingerprint density at radius 1 is 1.33 bits per heavy atom. The van der Waals surface area contributed by atoms with Gasteiger partial charge in [-0.05, 0) is 24.6 Å². The smallest absolute Gasteiger partial charge is 0.372 e. The van der Waals surface area contributed by atoms with Crippen molar-refractivity contribution in [2.45, 2.75) is 25.7 Å². The second-order valence-electron chi connectivity index (χ2n) is 3.79. The monoisotopic (exact) mass is 261 g/mol. The molecule has 0 aliphatic heterocycles. The zero-order valence-corrected chi connectivity index (χ0v) is 10.0.